The van der Waals surface area contributed by atoms with Crippen molar-refractivity contribution in [2.45, 2.75) is 105 Å². The summed E-state index contributed by atoms with van der Waals surface area (Å²) < 4.78 is 6.70. The molecule has 4 fully saturated rings. The smallest absolute Gasteiger partial charge is 0.142 e. The van der Waals surface area contributed by atoms with Gasteiger partial charge in [-0.3, -0.25) is 0 Å². The van der Waals surface area contributed by atoms with E-state index in [-0.39, 0.29) is 11.5 Å². The molecule has 2 nitrogen and oxygen atoms in total. The summed E-state index contributed by atoms with van der Waals surface area (Å²) in [4.78, 5) is 0. The number of aryl methyl sites for hydroxylation is 1. The lowest BCUT2D eigenvalue weighted by Gasteiger charge is -2.65. The van der Waals surface area contributed by atoms with Gasteiger partial charge in [-0.15, -0.1) is 0 Å². The zero-order valence-corrected chi connectivity index (χ0v) is 21.5. The Balaban J connectivity index is 1.39. The van der Waals surface area contributed by atoms with Crippen molar-refractivity contribution < 1.29 is 4.74 Å². The molecule has 0 heterocycles. The number of benzene rings is 1. The topological polar surface area (TPSA) is 35.2 Å². The first kappa shape index (κ1) is 22.6. The van der Waals surface area contributed by atoms with E-state index in [9.17, 15) is 0 Å². The standard InChI is InChI=1S/C30H47NO/c1-7-20-9-11-22-21-10-13-26-28(3,4)27(32-25-18-19(2)8-12-24(25)31)15-17-30(26,6)23(21)14-16-29(20,22)5/h8,12,18,20-23,26-27H,7,9-11,13-17,31H2,1-6H3. The Bertz CT molecular complexity index is 860. The third-order valence-corrected chi connectivity index (χ3v) is 11.7. The lowest BCUT2D eigenvalue weighted by Crippen LogP contribution is -2.60. The van der Waals surface area contributed by atoms with E-state index in [4.69, 9.17) is 10.5 Å². The van der Waals surface area contributed by atoms with Gasteiger partial charge >= 0.3 is 0 Å². The number of nitrogen functional groups attached to an aromatic ring is 1. The van der Waals surface area contributed by atoms with Crippen LogP contribution >= 0.6 is 0 Å². The molecule has 5 rings (SSSR count). The number of hydrogen-bond donors (Lipinski definition) is 1. The highest BCUT2D eigenvalue weighted by Gasteiger charge is 2.63. The van der Waals surface area contributed by atoms with Crippen molar-refractivity contribution in [2.24, 2.45) is 45.8 Å². The minimum absolute atomic E-state index is 0.177. The van der Waals surface area contributed by atoms with Crippen LogP contribution in [-0.2, 0) is 0 Å². The first-order chi connectivity index (χ1) is 15.1. The molecule has 0 spiro atoms. The molecule has 0 bridgehead atoms. The van der Waals surface area contributed by atoms with E-state index >= 15 is 0 Å². The van der Waals surface area contributed by atoms with Crippen molar-refractivity contribution in [3.05, 3.63) is 23.8 Å². The molecule has 2 heteroatoms. The zero-order valence-electron chi connectivity index (χ0n) is 21.5. The molecule has 0 saturated heterocycles. The highest BCUT2D eigenvalue weighted by atomic mass is 16.5. The second-order valence-corrected chi connectivity index (χ2v) is 13.2. The summed E-state index contributed by atoms with van der Waals surface area (Å²) in [6.07, 6.45) is 12.9. The van der Waals surface area contributed by atoms with Crippen molar-refractivity contribution >= 4 is 5.69 Å². The lowest BCUT2D eigenvalue weighted by atomic mass is 9.41. The molecule has 1 aromatic rings. The molecule has 0 amide bonds. The van der Waals surface area contributed by atoms with E-state index in [2.05, 4.69) is 53.7 Å². The van der Waals surface area contributed by atoms with Crippen LogP contribution in [0.25, 0.3) is 0 Å². The average molecular weight is 438 g/mol. The number of nitrogens with two attached hydrogens (primary N) is 1. The molecular weight excluding hydrogens is 390 g/mol. The van der Waals surface area contributed by atoms with Gasteiger partial charge in [0.05, 0.1) is 5.69 Å². The molecule has 32 heavy (non-hydrogen) atoms. The fraction of sp³-hybridized carbons (Fsp3) is 0.800. The number of fused-ring (bicyclic) bond motifs is 5. The Morgan fingerprint density at radius 3 is 2.38 bits per heavy atom. The molecule has 4 aliphatic carbocycles. The number of rotatable bonds is 3. The maximum absolute atomic E-state index is 6.70. The van der Waals surface area contributed by atoms with E-state index in [1.54, 1.807) is 0 Å². The van der Waals surface area contributed by atoms with E-state index in [1.807, 2.05) is 6.07 Å². The van der Waals surface area contributed by atoms with Gasteiger partial charge < -0.3 is 10.5 Å². The SMILES string of the molecule is CCC1CCC2C3CCC4C(C)(C)C(Oc5cc(C)ccc5N)CCC4(C)C3CCC12C. The molecule has 1 aromatic carbocycles. The van der Waals surface area contributed by atoms with Gasteiger partial charge in [-0.2, -0.15) is 0 Å². The van der Waals surface area contributed by atoms with Gasteiger partial charge in [0.15, 0.2) is 0 Å². The summed E-state index contributed by atoms with van der Waals surface area (Å²) in [5.41, 5.74) is 9.57. The summed E-state index contributed by atoms with van der Waals surface area (Å²) in [5.74, 6) is 5.47. The maximum atomic E-state index is 6.70. The first-order valence-electron chi connectivity index (χ1n) is 13.6. The normalized spacial score (nSPS) is 44.9. The van der Waals surface area contributed by atoms with Crippen molar-refractivity contribution in [1.82, 2.24) is 0 Å². The van der Waals surface area contributed by atoms with E-state index in [0.29, 0.717) is 10.8 Å². The quantitative estimate of drug-likeness (QED) is 0.486. The second-order valence-electron chi connectivity index (χ2n) is 13.2. The Morgan fingerprint density at radius 1 is 0.906 bits per heavy atom. The van der Waals surface area contributed by atoms with Gasteiger partial charge in [0, 0.05) is 5.41 Å². The van der Waals surface area contributed by atoms with Crippen LogP contribution in [0.4, 0.5) is 5.69 Å². The summed E-state index contributed by atoms with van der Waals surface area (Å²) in [5, 5.41) is 0. The van der Waals surface area contributed by atoms with Crippen LogP contribution in [-0.4, -0.2) is 6.10 Å². The highest BCUT2D eigenvalue weighted by Crippen LogP contribution is 2.70. The van der Waals surface area contributed by atoms with Gasteiger partial charge in [-0.05, 0) is 116 Å². The fourth-order valence-electron chi connectivity index (χ4n) is 9.96. The largest absolute Gasteiger partial charge is 0.488 e. The van der Waals surface area contributed by atoms with E-state index in [0.717, 1.165) is 47.4 Å². The van der Waals surface area contributed by atoms with Crippen LogP contribution in [0, 0.1) is 52.8 Å². The molecule has 8 atom stereocenters. The van der Waals surface area contributed by atoms with Gasteiger partial charge in [-0.1, -0.05) is 47.1 Å². The van der Waals surface area contributed by atoms with Gasteiger partial charge in [-0.25, -0.2) is 0 Å². The summed E-state index contributed by atoms with van der Waals surface area (Å²) >= 11 is 0. The lowest BCUT2D eigenvalue weighted by molar-refractivity contribution is -0.172. The molecule has 4 saturated carbocycles. The van der Waals surface area contributed by atoms with Crippen LogP contribution in [0.1, 0.15) is 98.0 Å². The Labute approximate surface area is 197 Å². The Kier molecular flexibility index (Phi) is 5.42. The highest BCUT2D eigenvalue weighted by molar-refractivity contribution is 5.53. The molecular formula is C30H47NO. The van der Waals surface area contributed by atoms with Gasteiger partial charge in [0.2, 0.25) is 0 Å². The third-order valence-electron chi connectivity index (χ3n) is 11.7. The zero-order chi connectivity index (χ0) is 22.9. The number of anilines is 1. The average Bonchev–Trinajstić information content (AvgIpc) is 3.09. The minimum atomic E-state index is 0.177. The van der Waals surface area contributed by atoms with Crippen molar-refractivity contribution in [3.63, 3.8) is 0 Å². The van der Waals surface area contributed by atoms with Crippen LogP contribution in [0.5, 0.6) is 5.75 Å². The summed E-state index contributed by atoms with van der Waals surface area (Å²) in [7, 11) is 0. The molecule has 4 aliphatic rings. The van der Waals surface area contributed by atoms with E-state index in [1.165, 1.54) is 56.9 Å². The fourth-order valence-corrected chi connectivity index (χ4v) is 9.96. The molecule has 8 unspecified atom stereocenters. The molecule has 0 aliphatic heterocycles. The monoisotopic (exact) mass is 437 g/mol. The third kappa shape index (κ3) is 3.17. The van der Waals surface area contributed by atoms with Gasteiger partial charge in [0.1, 0.15) is 11.9 Å². The van der Waals surface area contributed by atoms with Crippen LogP contribution in [0.2, 0.25) is 0 Å². The predicted octanol–water partition coefficient (Wildman–Crippen LogP) is 8.03. The summed E-state index contributed by atoms with van der Waals surface area (Å²) in [6.45, 7) is 14.9. The van der Waals surface area contributed by atoms with Crippen LogP contribution in [0.15, 0.2) is 18.2 Å². The van der Waals surface area contributed by atoms with Crippen LogP contribution in [0.3, 0.4) is 0 Å². The number of hydrogen-bond acceptors (Lipinski definition) is 2. The molecule has 0 radical (unpaired) electrons. The molecule has 2 N–H and O–H groups in total. The van der Waals surface area contributed by atoms with Crippen LogP contribution < -0.4 is 10.5 Å². The number of ether oxygens (including phenoxy) is 1. The predicted molar refractivity (Wildman–Crippen MR) is 135 cm³/mol. The van der Waals surface area contributed by atoms with Crippen molar-refractivity contribution in [2.75, 3.05) is 5.73 Å². The second kappa shape index (κ2) is 7.67. The van der Waals surface area contributed by atoms with Crippen molar-refractivity contribution in [3.8, 4) is 5.75 Å². The molecule has 0 aromatic heterocycles. The minimum Gasteiger partial charge on any atom is -0.488 e. The van der Waals surface area contributed by atoms with Crippen molar-refractivity contribution in [1.29, 1.82) is 0 Å². The first-order valence-corrected chi connectivity index (χ1v) is 13.6. The maximum Gasteiger partial charge on any atom is 0.142 e. The molecule has 178 valence electrons. The Morgan fingerprint density at radius 2 is 1.62 bits per heavy atom. The summed E-state index contributed by atoms with van der Waals surface area (Å²) in [6, 6.07) is 6.21. The van der Waals surface area contributed by atoms with E-state index < -0.39 is 0 Å². The van der Waals surface area contributed by atoms with Gasteiger partial charge in [0.25, 0.3) is 0 Å². The Hall–Kier alpha value is -1.18.